The number of rotatable bonds is 4. The highest BCUT2D eigenvalue weighted by molar-refractivity contribution is 9.10. The van der Waals surface area contributed by atoms with Gasteiger partial charge < -0.3 is 10.5 Å². The van der Waals surface area contributed by atoms with Gasteiger partial charge in [0.05, 0.1) is 6.61 Å². The average Bonchev–Trinajstić information content (AvgIpc) is 2.91. The van der Waals surface area contributed by atoms with Crippen LogP contribution in [-0.2, 0) is 12.8 Å². The zero-order chi connectivity index (χ0) is 14.8. The molecule has 0 fully saturated rings. The SMILES string of the molecule is NC(CCc1ccc2c(c1)CCO2)c1cc(F)cc(Br)c1. The third kappa shape index (κ3) is 3.44. The zero-order valence-electron chi connectivity index (χ0n) is 11.6. The predicted octanol–water partition coefficient (Wildman–Crippen LogP) is 4.16. The maximum atomic E-state index is 13.4. The Morgan fingerprint density at radius 2 is 2.10 bits per heavy atom. The number of halogens is 2. The van der Waals surface area contributed by atoms with E-state index in [1.807, 2.05) is 12.1 Å². The Morgan fingerprint density at radius 1 is 1.24 bits per heavy atom. The van der Waals surface area contributed by atoms with Gasteiger partial charge in [0.15, 0.2) is 0 Å². The van der Waals surface area contributed by atoms with Gasteiger partial charge >= 0.3 is 0 Å². The van der Waals surface area contributed by atoms with E-state index in [0.717, 1.165) is 41.7 Å². The number of hydrogen-bond donors (Lipinski definition) is 1. The lowest BCUT2D eigenvalue weighted by atomic mass is 9.98. The summed E-state index contributed by atoms with van der Waals surface area (Å²) in [5.74, 6) is 0.738. The molecule has 0 amide bonds. The Labute approximate surface area is 132 Å². The van der Waals surface area contributed by atoms with E-state index in [-0.39, 0.29) is 11.9 Å². The van der Waals surface area contributed by atoms with Crippen molar-refractivity contribution in [2.75, 3.05) is 6.61 Å². The van der Waals surface area contributed by atoms with E-state index < -0.39 is 0 Å². The highest BCUT2D eigenvalue weighted by Gasteiger charge is 2.13. The molecule has 2 nitrogen and oxygen atoms in total. The number of hydrogen-bond acceptors (Lipinski definition) is 2. The van der Waals surface area contributed by atoms with Gasteiger partial charge in [0, 0.05) is 16.9 Å². The number of ether oxygens (including phenoxy) is 1. The minimum atomic E-state index is -0.260. The fraction of sp³-hybridized carbons (Fsp3) is 0.294. The van der Waals surface area contributed by atoms with Crippen molar-refractivity contribution in [2.24, 2.45) is 5.73 Å². The van der Waals surface area contributed by atoms with Crippen molar-refractivity contribution in [3.05, 3.63) is 63.4 Å². The third-order valence-electron chi connectivity index (χ3n) is 3.81. The molecule has 0 aromatic heterocycles. The summed E-state index contributed by atoms with van der Waals surface area (Å²) in [5.41, 5.74) is 9.53. The van der Waals surface area contributed by atoms with Crippen LogP contribution in [0.5, 0.6) is 5.75 Å². The van der Waals surface area contributed by atoms with E-state index in [0.29, 0.717) is 0 Å². The van der Waals surface area contributed by atoms with Crippen molar-refractivity contribution in [2.45, 2.75) is 25.3 Å². The minimum absolute atomic E-state index is 0.165. The number of nitrogens with two attached hydrogens (primary N) is 1. The molecule has 0 radical (unpaired) electrons. The van der Waals surface area contributed by atoms with Crippen LogP contribution >= 0.6 is 15.9 Å². The Morgan fingerprint density at radius 3 is 2.90 bits per heavy atom. The molecule has 0 saturated carbocycles. The lowest BCUT2D eigenvalue weighted by Gasteiger charge is -2.13. The molecule has 3 rings (SSSR count). The molecule has 0 saturated heterocycles. The fourth-order valence-electron chi connectivity index (χ4n) is 2.67. The molecule has 4 heteroatoms. The van der Waals surface area contributed by atoms with Gasteiger partial charge in [-0.1, -0.05) is 28.1 Å². The van der Waals surface area contributed by atoms with Crippen LogP contribution in [0, 0.1) is 5.82 Å². The standard InChI is InChI=1S/C17H17BrFNO/c18-14-8-13(9-15(19)10-14)16(20)3-1-11-2-4-17-12(7-11)5-6-21-17/h2,4,7-10,16H,1,3,5-6,20H2. The van der Waals surface area contributed by atoms with Gasteiger partial charge in [0.1, 0.15) is 11.6 Å². The van der Waals surface area contributed by atoms with Crippen molar-refractivity contribution >= 4 is 15.9 Å². The summed E-state index contributed by atoms with van der Waals surface area (Å²) in [6.45, 7) is 0.773. The lowest BCUT2D eigenvalue weighted by molar-refractivity contribution is 0.357. The van der Waals surface area contributed by atoms with Crippen LogP contribution in [0.3, 0.4) is 0 Å². The predicted molar refractivity (Wildman–Crippen MR) is 85.0 cm³/mol. The molecule has 21 heavy (non-hydrogen) atoms. The van der Waals surface area contributed by atoms with Crippen LogP contribution in [-0.4, -0.2) is 6.61 Å². The molecule has 1 atom stereocenters. The maximum Gasteiger partial charge on any atom is 0.124 e. The Hall–Kier alpha value is -1.39. The molecule has 1 aliphatic heterocycles. The second-order valence-corrected chi connectivity index (χ2v) is 6.30. The van der Waals surface area contributed by atoms with Gasteiger partial charge in [0.2, 0.25) is 0 Å². The van der Waals surface area contributed by atoms with Gasteiger partial charge in [-0.25, -0.2) is 4.39 Å². The largest absolute Gasteiger partial charge is 0.493 e. The van der Waals surface area contributed by atoms with Gasteiger partial charge in [-0.05, 0) is 53.8 Å². The van der Waals surface area contributed by atoms with Crippen LogP contribution in [0.4, 0.5) is 4.39 Å². The highest BCUT2D eigenvalue weighted by Crippen LogP contribution is 2.27. The van der Waals surface area contributed by atoms with Crippen molar-refractivity contribution in [1.82, 2.24) is 0 Å². The number of aryl methyl sites for hydroxylation is 1. The highest BCUT2D eigenvalue weighted by atomic mass is 79.9. The van der Waals surface area contributed by atoms with Crippen LogP contribution in [0.25, 0.3) is 0 Å². The van der Waals surface area contributed by atoms with Crippen LogP contribution in [0.15, 0.2) is 40.9 Å². The van der Waals surface area contributed by atoms with E-state index >= 15 is 0 Å². The maximum absolute atomic E-state index is 13.4. The first-order valence-electron chi connectivity index (χ1n) is 7.08. The molecule has 110 valence electrons. The monoisotopic (exact) mass is 349 g/mol. The smallest absolute Gasteiger partial charge is 0.124 e. The van der Waals surface area contributed by atoms with Crippen LogP contribution < -0.4 is 10.5 Å². The molecule has 0 spiro atoms. The van der Waals surface area contributed by atoms with Gasteiger partial charge in [-0.2, -0.15) is 0 Å². The molecule has 2 aromatic carbocycles. The first kappa shape index (κ1) is 14.5. The molecule has 2 aromatic rings. The van der Waals surface area contributed by atoms with Crippen molar-refractivity contribution < 1.29 is 9.13 Å². The van der Waals surface area contributed by atoms with Crippen molar-refractivity contribution in [1.29, 1.82) is 0 Å². The summed E-state index contributed by atoms with van der Waals surface area (Å²) in [6.07, 6.45) is 2.64. The minimum Gasteiger partial charge on any atom is -0.493 e. The van der Waals surface area contributed by atoms with E-state index in [9.17, 15) is 4.39 Å². The summed E-state index contributed by atoms with van der Waals surface area (Å²) in [4.78, 5) is 0. The number of fused-ring (bicyclic) bond motifs is 1. The van der Waals surface area contributed by atoms with E-state index in [2.05, 4.69) is 28.1 Å². The van der Waals surface area contributed by atoms with Crippen molar-refractivity contribution in [3.63, 3.8) is 0 Å². The summed E-state index contributed by atoms with van der Waals surface area (Å²) >= 11 is 3.30. The Bertz CT molecular complexity index is 639. The molecule has 0 bridgehead atoms. The summed E-state index contributed by atoms with van der Waals surface area (Å²) in [6, 6.07) is 11.0. The normalized spacial score (nSPS) is 14.6. The molecule has 1 aliphatic rings. The summed E-state index contributed by atoms with van der Waals surface area (Å²) < 4.78 is 19.6. The summed E-state index contributed by atoms with van der Waals surface area (Å²) in [5, 5.41) is 0. The van der Waals surface area contributed by atoms with Gasteiger partial charge in [0.25, 0.3) is 0 Å². The average molecular weight is 350 g/mol. The second kappa shape index (κ2) is 6.16. The molecule has 0 aliphatic carbocycles. The van der Waals surface area contributed by atoms with Gasteiger partial charge in [-0.3, -0.25) is 0 Å². The quantitative estimate of drug-likeness (QED) is 0.899. The lowest BCUT2D eigenvalue weighted by Crippen LogP contribution is -2.11. The van der Waals surface area contributed by atoms with E-state index in [1.165, 1.54) is 23.3 Å². The Balaban J connectivity index is 1.66. The second-order valence-electron chi connectivity index (χ2n) is 5.39. The Kier molecular flexibility index (Phi) is 4.27. The first-order chi connectivity index (χ1) is 10.1. The molecule has 1 heterocycles. The van der Waals surface area contributed by atoms with E-state index in [1.54, 1.807) is 0 Å². The topological polar surface area (TPSA) is 35.2 Å². The first-order valence-corrected chi connectivity index (χ1v) is 7.87. The van der Waals surface area contributed by atoms with Crippen molar-refractivity contribution in [3.8, 4) is 5.75 Å². The molecule has 1 unspecified atom stereocenters. The molecular weight excluding hydrogens is 333 g/mol. The van der Waals surface area contributed by atoms with Crippen LogP contribution in [0.2, 0.25) is 0 Å². The molecule has 2 N–H and O–H groups in total. The fourth-order valence-corrected chi connectivity index (χ4v) is 3.16. The zero-order valence-corrected chi connectivity index (χ0v) is 13.2. The van der Waals surface area contributed by atoms with Crippen LogP contribution in [0.1, 0.15) is 29.2 Å². The summed E-state index contributed by atoms with van der Waals surface area (Å²) in [7, 11) is 0. The third-order valence-corrected chi connectivity index (χ3v) is 4.27. The molecular formula is C17H17BrFNO. The number of benzene rings is 2. The van der Waals surface area contributed by atoms with E-state index in [4.69, 9.17) is 10.5 Å². The van der Waals surface area contributed by atoms with Gasteiger partial charge in [-0.15, -0.1) is 0 Å².